The van der Waals surface area contributed by atoms with Crippen molar-refractivity contribution in [2.45, 2.75) is 24.8 Å². The van der Waals surface area contributed by atoms with Gasteiger partial charge in [-0.3, -0.25) is 4.79 Å². The van der Waals surface area contributed by atoms with Crippen LogP contribution in [0.2, 0.25) is 0 Å². The second kappa shape index (κ2) is 9.33. The summed E-state index contributed by atoms with van der Waals surface area (Å²) in [4.78, 5) is 35.3. The normalized spacial score (nSPS) is 11.0. The first-order chi connectivity index (χ1) is 15.9. The van der Waals surface area contributed by atoms with Gasteiger partial charge in [0.1, 0.15) is 17.8 Å². The molecule has 4 N–H and O–H groups in total. The fraction of sp³-hybridized carbons (Fsp3) is 0.167. The third kappa shape index (κ3) is 4.54. The maximum absolute atomic E-state index is 13.4. The average Bonchev–Trinajstić information content (AvgIpc) is 3.20. The minimum Gasteiger partial charge on any atom is -0.383 e. The fourth-order valence-corrected chi connectivity index (χ4v) is 4.15. The molecule has 4 aromatic rings. The Kier molecular flexibility index (Phi) is 6.32. The Morgan fingerprint density at radius 3 is 2.61 bits per heavy atom. The SMILES string of the molecule is CSc1ccccc1NC(=O)Nc1cccc(C(=O)c2cn(C(C)C)c3ncnc(N)c23)c1. The number of hydrogen-bond acceptors (Lipinski definition) is 6. The Labute approximate surface area is 195 Å². The monoisotopic (exact) mass is 460 g/mol. The highest BCUT2D eigenvalue weighted by Gasteiger charge is 2.21. The summed E-state index contributed by atoms with van der Waals surface area (Å²) >= 11 is 1.54. The van der Waals surface area contributed by atoms with Crippen molar-refractivity contribution in [2.75, 3.05) is 22.6 Å². The van der Waals surface area contributed by atoms with E-state index in [0.717, 1.165) is 4.90 Å². The van der Waals surface area contributed by atoms with Crippen LogP contribution in [0.1, 0.15) is 35.8 Å². The van der Waals surface area contributed by atoms with Gasteiger partial charge in [-0.2, -0.15) is 0 Å². The molecule has 0 radical (unpaired) electrons. The number of nitrogens with two attached hydrogens (primary N) is 1. The van der Waals surface area contributed by atoms with Crippen molar-refractivity contribution in [1.82, 2.24) is 14.5 Å². The maximum atomic E-state index is 13.4. The first-order valence-electron chi connectivity index (χ1n) is 10.4. The number of nitrogen functional groups attached to an aromatic ring is 1. The number of benzene rings is 2. The van der Waals surface area contributed by atoms with Crippen LogP contribution >= 0.6 is 11.8 Å². The number of amides is 2. The summed E-state index contributed by atoms with van der Waals surface area (Å²) < 4.78 is 1.90. The second-order valence-electron chi connectivity index (χ2n) is 7.69. The molecular weight excluding hydrogens is 436 g/mol. The van der Waals surface area contributed by atoms with E-state index in [0.29, 0.717) is 33.5 Å². The molecule has 4 rings (SSSR count). The van der Waals surface area contributed by atoms with Gasteiger partial charge < -0.3 is 20.9 Å². The number of rotatable bonds is 6. The highest BCUT2D eigenvalue weighted by molar-refractivity contribution is 7.98. The molecule has 0 unspecified atom stereocenters. The minimum absolute atomic E-state index is 0.0872. The predicted molar refractivity (Wildman–Crippen MR) is 133 cm³/mol. The zero-order chi connectivity index (χ0) is 23.5. The lowest BCUT2D eigenvalue weighted by atomic mass is 10.0. The molecule has 8 nitrogen and oxygen atoms in total. The molecule has 168 valence electrons. The second-order valence-corrected chi connectivity index (χ2v) is 8.54. The number of carbonyl (C=O) groups is 2. The Bertz CT molecular complexity index is 1350. The number of anilines is 3. The van der Waals surface area contributed by atoms with Crippen molar-refractivity contribution >= 4 is 51.8 Å². The molecule has 2 heterocycles. The molecule has 0 saturated carbocycles. The first kappa shape index (κ1) is 22.3. The number of hydrogen-bond donors (Lipinski definition) is 3. The number of urea groups is 1. The number of aromatic nitrogens is 3. The van der Waals surface area contributed by atoms with Gasteiger partial charge in [0.2, 0.25) is 0 Å². The number of nitrogens with one attached hydrogen (secondary N) is 2. The zero-order valence-corrected chi connectivity index (χ0v) is 19.3. The van der Waals surface area contributed by atoms with E-state index >= 15 is 0 Å². The summed E-state index contributed by atoms with van der Waals surface area (Å²) in [6.45, 7) is 4.01. The molecule has 0 aliphatic carbocycles. The van der Waals surface area contributed by atoms with Gasteiger partial charge in [0.25, 0.3) is 0 Å². The lowest BCUT2D eigenvalue weighted by Gasteiger charge is -2.11. The van der Waals surface area contributed by atoms with E-state index in [1.807, 2.05) is 48.9 Å². The Balaban J connectivity index is 1.61. The molecule has 0 fully saturated rings. The van der Waals surface area contributed by atoms with Crippen LogP contribution in [0.3, 0.4) is 0 Å². The van der Waals surface area contributed by atoms with Crippen molar-refractivity contribution in [2.24, 2.45) is 0 Å². The van der Waals surface area contributed by atoms with Crippen molar-refractivity contribution in [3.05, 3.63) is 72.2 Å². The number of carbonyl (C=O) groups excluding carboxylic acids is 2. The van der Waals surface area contributed by atoms with Crippen molar-refractivity contribution < 1.29 is 9.59 Å². The number of para-hydroxylation sites is 1. The molecule has 2 amide bonds. The third-order valence-corrected chi connectivity index (χ3v) is 5.97. The summed E-state index contributed by atoms with van der Waals surface area (Å²) in [5, 5.41) is 6.17. The largest absolute Gasteiger partial charge is 0.383 e. The van der Waals surface area contributed by atoms with Gasteiger partial charge >= 0.3 is 6.03 Å². The van der Waals surface area contributed by atoms with Gasteiger partial charge in [0.15, 0.2) is 5.78 Å². The maximum Gasteiger partial charge on any atom is 0.323 e. The molecule has 0 aliphatic heterocycles. The van der Waals surface area contributed by atoms with E-state index in [1.54, 1.807) is 42.2 Å². The van der Waals surface area contributed by atoms with E-state index in [2.05, 4.69) is 20.6 Å². The predicted octanol–water partition coefficient (Wildman–Crippen LogP) is 5.19. The average molecular weight is 461 g/mol. The molecule has 2 aromatic heterocycles. The Morgan fingerprint density at radius 2 is 1.85 bits per heavy atom. The van der Waals surface area contributed by atoms with E-state index in [1.165, 1.54) is 6.33 Å². The lowest BCUT2D eigenvalue weighted by molar-refractivity contribution is 0.104. The van der Waals surface area contributed by atoms with Crippen molar-refractivity contribution in [3.8, 4) is 0 Å². The minimum atomic E-state index is -0.393. The van der Waals surface area contributed by atoms with Crippen molar-refractivity contribution in [3.63, 3.8) is 0 Å². The van der Waals surface area contributed by atoms with Gasteiger partial charge in [-0.15, -0.1) is 11.8 Å². The molecule has 0 aliphatic rings. The molecule has 9 heteroatoms. The lowest BCUT2D eigenvalue weighted by Crippen LogP contribution is -2.20. The van der Waals surface area contributed by atoms with Crippen molar-refractivity contribution in [1.29, 1.82) is 0 Å². The summed E-state index contributed by atoms with van der Waals surface area (Å²) in [7, 11) is 0. The van der Waals surface area contributed by atoms with Gasteiger partial charge in [0, 0.05) is 28.4 Å². The highest BCUT2D eigenvalue weighted by atomic mass is 32.2. The van der Waals surface area contributed by atoms with Gasteiger partial charge in [0.05, 0.1) is 16.6 Å². The first-order valence-corrected chi connectivity index (χ1v) is 11.6. The standard InChI is InChI=1S/C24H24N6O2S/c1-14(2)30-12-17(20-22(25)26-13-27-23(20)30)21(31)15-7-6-8-16(11-15)28-24(32)29-18-9-4-5-10-19(18)33-3/h4-14H,1-3H3,(H2,25,26,27)(H2,28,29,32). The van der Waals surface area contributed by atoms with E-state index < -0.39 is 6.03 Å². The summed E-state index contributed by atoms with van der Waals surface area (Å²) in [6, 6.07) is 14.0. The van der Waals surface area contributed by atoms with Crippen LogP contribution in [0.5, 0.6) is 0 Å². The van der Waals surface area contributed by atoms with Crippen LogP contribution in [0.15, 0.2) is 66.0 Å². The summed E-state index contributed by atoms with van der Waals surface area (Å²) in [5.74, 6) is 0.0292. The topological polar surface area (TPSA) is 115 Å². The van der Waals surface area contributed by atoms with Gasteiger partial charge in [-0.25, -0.2) is 14.8 Å². The molecule has 0 saturated heterocycles. The van der Waals surface area contributed by atoms with Crippen LogP contribution in [0.4, 0.5) is 22.0 Å². The molecule has 0 bridgehead atoms. The van der Waals surface area contributed by atoms with Crippen LogP contribution in [-0.4, -0.2) is 32.6 Å². The fourth-order valence-electron chi connectivity index (χ4n) is 3.60. The molecular formula is C24H24N6O2S. The summed E-state index contributed by atoms with van der Waals surface area (Å²) in [6.07, 6.45) is 5.10. The molecule has 33 heavy (non-hydrogen) atoms. The van der Waals surface area contributed by atoms with E-state index in [4.69, 9.17) is 5.73 Å². The number of nitrogens with zero attached hydrogens (tertiary/aromatic N) is 3. The van der Waals surface area contributed by atoms with E-state index in [9.17, 15) is 9.59 Å². The van der Waals surface area contributed by atoms with Crippen LogP contribution in [-0.2, 0) is 0 Å². The number of ketones is 1. The number of thioether (sulfide) groups is 1. The van der Waals surface area contributed by atoms with Gasteiger partial charge in [-0.1, -0.05) is 24.3 Å². The number of fused-ring (bicyclic) bond motifs is 1. The van der Waals surface area contributed by atoms with E-state index in [-0.39, 0.29) is 17.6 Å². The van der Waals surface area contributed by atoms with Gasteiger partial charge in [-0.05, 0) is 44.4 Å². The highest BCUT2D eigenvalue weighted by Crippen LogP contribution is 2.29. The molecule has 2 aromatic carbocycles. The van der Waals surface area contributed by atoms with Crippen LogP contribution < -0.4 is 16.4 Å². The van der Waals surface area contributed by atoms with Crippen LogP contribution in [0, 0.1) is 0 Å². The zero-order valence-electron chi connectivity index (χ0n) is 18.5. The quantitative estimate of drug-likeness (QED) is 0.269. The summed E-state index contributed by atoms with van der Waals surface area (Å²) in [5.41, 5.74) is 8.76. The molecule has 0 spiro atoms. The smallest absolute Gasteiger partial charge is 0.323 e. The Morgan fingerprint density at radius 1 is 1.06 bits per heavy atom. The molecule has 0 atom stereocenters. The third-order valence-electron chi connectivity index (χ3n) is 5.18. The van der Waals surface area contributed by atoms with Crippen LogP contribution in [0.25, 0.3) is 11.0 Å². The Hall–Kier alpha value is -3.85.